The molecule has 1 aliphatic rings. The van der Waals surface area contributed by atoms with Gasteiger partial charge in [0.15, 0.2) is 0 Å². The second-order valence-corrected chi connectivity index (χ2v) is 4.42. The number of benzene rings is 1. The lowest BCUT2D eigenvalue weighted by Gasteiger charge is -2.18. The summed E-state index contributed by atoms with van der Waals surface area (Å²) in [6, 6.07) is 3.85. The molecule has 0 radical (unpaired) electrons. The van der Waals surface area contributed by atoms with Gasteiger partial charge in [-0.25, -0.2) is 4.79 Å². The molecule has 0 spiro atoms. The highest BCUT2D eigenvalue weighted by molar-refractivity contribution is 5.55. The van der Waals surface area contributed by atoms with Crippen molar-refractivity contribution in [1.29, 1.82) is 0 Å². The molecule has 0 heterocycles. The Hall–Kier alpha value is -1.80. The minimum absolute atomic E-state index is 0.413. The fraction of sp³-hybridized carbons (Fsp3) is 0.500. The lowest BCUT2D eigenvalue weighted by atomic mass is 9.98. The molecule has 0 N–H and O–H groups in total. The van der Waals surface area contributed by atoms with Gasteiger partial charge in [0.1, 0.15) is 17.0 Å². The molecule has 0 aliphatic heterocycles. The number of carbonyl (C=O) groups excluding carboxylic acids is 1. The van der Waals surface area contributed by atoms with E-state index in [0.717, 1.165) is 41.9 Å². The maximum Gasteiger partial charge on any atom is 0.235 e. The molecule has 0 saturated heterocycles. The Morgan fingerprint density at radius 1 is 1.33 bits per heavy atom. The summed E-state index contributed by atoms with van der Waals surface area (Å²) in [5.74, 6) is 1.59. The molecule has 1 aromatic rings. The highest BCUT2D eigenvalue weighted by atomic mass is 16.5. The molecule has 18 heavy (non-hydrogen) atoms. The topological polar surface area (TPSA) is 47.9 Å². The van der Waals surface area contributed by atoms with Crippen molar-refractivity contribution in [2.24, 2.45) is 4.99 Å². The lowest BCUT2D eigenvalue weighted by Crippen LogP contribution is -2.08. The van der Waals surface area contributed by atoms with Gasteiger partial charge in [-0.15, -0.1) is 0 Å². The van der Waals surface area contributed by atoms with Crippen LogP contribution in [0.3, 0.4) is 0 Å². The van der Waals surface area contributed by atoms with E-state index >= 15 is 0 Å². The van der Waals surface area contributed by atoms with Crippen molar-refractivity contribution in [3.8, 4) is 11.5 Å². The molecular formula is C14H17NO3. The summed E-state index contributed by atoms with van der Waals surface area (Å²) < 4.78 is 10.9. The highest BCUT2D eigenvalue weighted by Gasteiger charge is 2.47. The van der Waals surface area contributed by atoms with Crippen LogP contribution in [0.1, 0.15) is 30.9 Å². The maximum atomic E-state index is 10.6. The Morgan fingerprint density at radius 3 is 2.50 bits per heavy atom. The highest BCUT2D eigenvalue weighted by Crippen LogP contribution is 2.53. The normalized spacial score (nSPS) is 15.7. The number of hydrogen-bond donors (Lipinski definition) is 0. The fourth-order valence-electron chi connectivity index (χ4n) is 2.38. The third kappa shape index (κ3) is 1.89. The monoisotopic (exact) mass is 247 g/mol. The fourth-order valence-corrected chi connectivity index (χ4v) is 2.38. The lowest BCUT2D eigenvalue weighted by molar-refractivity contribution is 0.379. The van der Waals surface area contributed by atoms with Crippen LogP contribution in [0.2, 0.25) is 0 Å². The molecule has 1 aromatic carbocycles. The maximum absolute atomic E-state index is 10.6. The van der Waals surface area contributed by atoms with Crippen LogP contribution in [0.15, 0.2) is 17.1 Å². The first-order chi connectivity index (χ1) is 8.72. The summed E-state index contributed by atoms with van der Waals surface area (Å²) >= 11 is 0. The van der Waals surface area contributed by atoms with Gasteiger partial charge >= 0.3 is 0 Å². The standard InChI is InChI=1S/C14H17NO3/c1-4-10-12(17-2)6-5-11(13(10)18-3)14(7-8-14)15-9-16/h5-6H,4,7-8H2,1-3H3. The van der Waals surface area contributed by atoms with E-state index < -0.39 is 5.54 Å². The van der Waals surface area contributed by atoms with Crippen LogP contribution >= 0.6 is 0 Å². The number of hydrogen-bond acceptors (Lipinski definition) is 4. The van der Waals surface area contributed by atoms with Crippen LogP contribution in [0.5, 0.6) is 11.5 Å². The van der Waals surface area contributed by atoms with Crippen LogP contribution in [-0.4, -0.2) is 20.3 Å². The quantitative estimate of drug-likeness (QED) is 0.593. The number of isocyanates is 1. The second kappa shape index (κ2) is 4.83. The molecule has 0 atom stereocenters. The number of rotatable bonds is 5. The second-order valence-electron chi connectivity index (χ2n) is 4.42. The zero-order chi connectivity index (χ0) is 13.2. The third-order valence-electron chi connectivity index (χ3n) is 3.48. The average Bonchev–Trinajstić information content (AvgIpc) is 3.17. The van der Waals surface area contributed by atoms with Crippen molar-refractivity contribution in [3.05, 3.63) is 23.3 Å². The minimum Gasteiger partial charge on any atom is -0.496 e. The number of nitrogens with zero attached hydrogens (tertiary/aromatic N) is 1. The molecule has 1 fully saturated rings. The largest absolute Gasteiger partial charge is 0.496 e. The molecule has 4 heteroatoms. The zero-order valence-corrected chi connectivity index (χ0v) is 10.9. The van der Waals surface area contributed by atoms with Crippen molar-refractivity contribution >= 4 is 6.08 Å². The molecule has 4 nitrogen and oxygen atoms in total. The Morgan fingerprint density at radius 2 is 2.06 bits per heavy atom. The van der Waals surface area contributed by atoms with Gasteiger partial charge in [0.25, 0.3) is 0 Å². The third-order valence-corrected chi connectivity index (χ3v) is 3.48. The van der Waals surface area contributed by atoms with Gasteiger partial charge in [0.05, 0.1) is 14.2 Å². The summed E-state index contributed by atoms with van der Waals surface area (Å²) in [5.41, 5.74) is 1.57. The van der Waals surface area contributed by atoms with Crippen LogP contribution < -0.4 is 9.47 Å². The van der Waals surface area contributed by atoms with Gasteiger partial charge in [-0.05, 0) is 31.4 Å². The van der Waals surface area contributed by atoms with E-state index in [1.54, 1.807) is 20.3 Å². The van der Waals surface area contributed by atoms with E-state index in [1.165, 1.54) is 0 Å². The summed E-state index contributed by atoms with van der Waals surface area (Å²) in [5, 5.41) is 0. The molecule has 0 aromatic heterocycles. The van der Waals surface area contributed by atoms with E-state index in [2.05, 4.69) is 4.99 Å². The van der Waals surface area contributed by atoms with Crippen molar-refractivity contribution < 1.29 is 14.3 Å². The predicted molar refractivity (Wildman–Crippen MR) is 68.0 cm³/mol. The Balaban J connectivity index is 2.59. The van der Waals surface area contributed by atoms with Crippen LogP contribution in [0.4, 0.5) is 0 Å². The molecular weight excluding hydrogens is 230 g/mol. The van der Waals surface area contributed by atoms with Gasteiger partial charge in [-0.3, -0.25) is 0 Å². The molecule has 0 bridgehead atoms. The van der Waals surface area contributed by atoms with Gasteiger partial charge in [0, 0.05) is 11.1 Å². The summed E-state index contributed by atoms with van der Waals surface area (Å²) in [7, 11) is 3.28. The average molecular weight is 247 g/mol. The minimum atomic E-state index is -0.413. The first kappa shape index (κ1) is 12.7. The summed E-state index contributed by atoms with van der Waals surface area (Å²) in [6.45, 7) is 2.05. The predicted octanol–water partition coefficient (Wildman–Crippen LogP) is 2.59. The molecule has 1 saturated carbocycles. The van der Waals surface area contributed by atoms with Crippen molar-refractivity contribution in [3.63, 3.8) is 0 Å². The zero-order valence-electron chi connectivity index (χ0n) is 10.9. The molecule has 2 rings (SSSR count). The Kier molecular flexibility index (Phi) is 3.39. The number of methoxy groups -OCH3 is 2. The van der Waals surface area contributed by atoms with E-state index in [9.17, 15) is 4.79 Å². The van der Waals surface area contributed by atoms with E-state index in [4.69, 9.17) is 9.47 Å². The van der Waals surface area contributed by atoms with E-state index in [1.807, 2.05) is 19.1 Å². The van der Waals surface area contributed by atoms with Gasteiger partial charge < -0.3 is 9.47 Å². The van der Waals surface area contributed by atoms with Gasteiger partial charge in [-0.1, -0.05) is 6.92 Å². The smallest absolute Gasteiger partial charge is 0.235 e. The summed E-state index contributed by atoms with van der Waals surface area (Å²) in [6.07, 6.45) is 4.22. The SMILES string of the molecule is CCc1c(OC)ccc(C2(N=C=O)CC2)c1OC. The number of aliphatic imine (C=N–C) groups is 1. The van der Waals surface area contributed by atoms with Crippen molar-refractivity contribution in [1.82, 2.24) is 0 Å². The number of ether oxygens (including phenoxy) is 2. The first-order valence-corrected chi connectivity index (χ1v) is 6.05. The molecule has 0 unspecified atom stereocenters. The molecule has 96 valence electrons. The van der Waals surface area contributed by atoms with E-state index in [-0.39, 0.29) is 0 Å². The molecule has 1 aliphatic carbocycles. The van der Waals surface area contributed by atoms with Crippen molar-refractivity contribution in [2.75, 3.05) is 14.2 Å². The first-order valence-electron chi connectivity index (χ1n) is 6.05. The van der Waals surface area contributed by atoms with Gasteiger partial charge in [0.2, 0.25) is 6.08 Å². The Bertz CT molecular complexity index is 500. The van der Waals surface area contributed by atoms with Crippen LogP contribution in [0, 0.1) is 0 Å². The van der Waals surface area contributed by atoms with Crippen molar-refractivity contribution in [2.45, 2.75) is 31.7 Å². The summed E-state index contributed by atoms with van der Waals surface area (Å²) in [4.78, 5) is 14.5. The van der Waals surface area contributed by atoms with Crippen LogP contribution in [0.25, 0.3) is 0 Å². The molecule has 0 amide bonds. The Labute approximate surface area is 107 Å². The van der Waals surface area contributed by atoms with E-state index in [0.29, 0.717) is 0 Å². The van der Waals surface area contributed by atoms with Crippen LogP contribution in [-0.2, 0) is 16.8 Å². The van der Waals surface area contributed by atoms with Gasteiger partial charge in [-0.2, -0.15) is 4.99 Å².